The van der Waals surface area contributed by atoms with Gasteiger partial charge in [0.1, 0.15) is 0 Å². The van der Waals surface area contributed by atoms with Gasteiger partial charge in [-0.05, 0) is 42.7 Å². The van der Waals surface area contributed by atoms with Crippen LogP contribution in [0.1, 0.15) is 11.1 Å². The fraction of sp³-hybridized carbons (Fsp3) is 0.200. The lowest BCUT2D eigenvalue weighted by Gasteiger charge is -2.11. The van der Waals surface area contributed by atoms with Crippen molar-refractivity contribution < 1.29 is 13.3 Å². The summed E-state index contributed by atoms with van der Waals surface area (Å²) in [5.74, 6) is 0.465. The molecular weight excluding hydrogens is 340 g/mol. The number of sulfonamides is 1. The van der Waals surface area contributed by atoms with Crippen molar-refractivity contribution in [2.75, 3.05) is 10.6 Å². The Morgan fingerprint density at radius 3 is 2.35 bits per heavy atom. The lowest BCUT2D eigenvalue weighted by molar-refractivity contribution is -0.384. The van der Waals surface area contributed by atoms with Gasteiger partial charge in [-0.15, -0.1) is 11.6 Å². The number of alkyl halides is 1. The number of nitrogens with zero attached hydrogens (tertiary/aromatic N) is 1. The summed E-state index contributed by atoms with van der Waals surface area (Å²) < 4.78 is 27.2. The number of nitrogens with one attached hydrogen (secondary N) is 1. The van der Waals surface area contributed by atoms with Gasteiger partial charge in [0.25, 0.3) is 15.7 Å². The first kappa shape index (κ1) is 17.2. The molecule has 0 spiro atoms. The van der Waals surface area contributed by atoms with E-state index in [9.17, 15) is 18.5 Å². The molecule has 1 N–H and O–H groups in total. The van der Waals surface area contributed by atoms with E-state index in [0.29, 0.717) is 23.6 Å². The highest BCUT2D eigenvalue weighted by atomic mass is 35.5. The Bertz CT molecular complexity index is 820. The van der Waals surface area contributed by atoms with E-state index in [1.807, 2.05) is 0 Å². The SMILES string of the molecule is Cc1cc([N+](=O)[O-])ccc1NS(=O)(=O)c1ccc(CCCl)cc1. The molecule has 23 heavy (non-hydrogen) atoms. The second-order valence-corrected chi connectivity index (χ2v) is 7.01. The molecule has 0 atom stereocenters. The minimum atomic E-state index is -3.75. The first-order valence-corrected chi connectivity index (χ1v) is 8.78. The van der Waals surface area contributed by atoms with Gasteiger partial charge in [-0.25, -0.2) is 8.42 Å². The number of hydrogen-bond donors (Lipinski definition) is 1. The Labute approximate surface area is 139 Å². The van der Waals surface area contributed by atoms with Gasteiger partial charge < -0.3 is 0 Å². The Hall–Kier alpha value is -2.12. The van der Waals surface area contributed by atoms with Crippen molar-refractivity contribution in [2.24, 2.45) is 0 Å². The van der Waals surface area contributed by atoms with Crippen LogP contribution in [0.25, 0.3) is 0 Å². The zero-order valence-corrected chi connectivity index (χ0v) is 13.9. The number of non-ortho nitro benzene ring substituents is 1. The second kappa shape index (κ2) is 6.97. The highest BCUT2D eigenvalue weighted by molar-refractivity contribution is 7.92. The molecule has 2 aromatic rings. The maximum Gasteiger partial charge on any atom is 0.269 e. The molecule has 0 aromatic heterocycles. The zero-order valence-electron chi connectivity index (χ0n) is 12.3. The number of anilines is 1. The number of hydrogen-bond acceptors (Lipinski definition) is 4. The van der Waals surface area contributed by atoms with E-state index < -0.39 is 14.9 Å². The van der Waals surface area contributed by atoms with Crippen LogP contribution in [0.2, 0.25) is 0 Å². The second-order valence-electron chi connectivity index (χ2n) is 4.94. The minimum Gasteiger partial charge on any atom is -0.279 e. The standard InChI is InChI=1S/C15H15ClN2O4S/c1-11-10-13(18(19)20)4-7-15(11)17-23(21,22)14-5-2-12(3-6-14)8-9-16/h2-7,10,17H,8-9H2,1H3. The molecule has 0 aliphatic heterocycles. The van der Waals surface area contributed by atoms with E-state index in [2.05, 4.69) is 4.72 Å². The number of nitro benzene ring substituents is 1. The van der Waals surface area contributed by atoms with Crippen LogP contribution in [-0.2, 0) is 16.4 Å². The maximum absolute atomic E-state index is 12.4. The molecule has 0 saturated heterocycles. The number of halogens is 1. The molecule has 0 heterocycles. The highest BCUT2D eigenvalue weighted by Gasteiger charge is 2.16. The molecule has 2 rings (SSSR count). The monoisotopic (exact) mass is 354 g/mol. The summed E-state index contributed by atoms with van der Waals surface area (Å²) in [4.78, 5) is 10.3. The third-order valence-electron chi connectivity index (χ3n) is 3.28. The number of benzene rings is 2. The normalized spacial score (nSPS) is 11.2. The fourth-order valence-electron chi connectivity index (χ4n) is 2.02. The molecule has 0 bridgehead atoms. The third-order valence-corrected chi connectivity index (χ3v) is 4.85. The van der Waals surface area contributed by atoms with Crippen LogP contribution in [0.3, 0.4) is 0 Å². The molecule has 0 radical (unpaired) electrons. The van der Waals surface area contributed by atoms with E-state index in [-0.39, 0.29) is 10.6 Å². The van der Waals surface area contributed by atoms with Crippen molar-refractivity contribution in [1.82, 2.24) is 0 Å². The van der Waals surface area contributed by atoms with Gasteiger partial charge in [-0.1, -0.05) is 12.1 Å². The molecule has 0 saturated carbocycles. The average Bonchev–Trinajstić information content (AvgIpc) is 2.50. The first-order chi connectivity index (χ1) is 10.8. The third kappa shape index (κ3) is 4.20. The molecule has 0 unspecified atom stereocenters. The topological polar surface area (TPSA) is 89.3 Å². The molecule has 2 aromatic carbocycles. The van der Waals surface area contributed by atoms with E-state index in [0.717, 1.165) is 5.56 Å². The van der Waals surface area contributed by atoms with Crippen LogP contribution in [0, 0.1) is 17.0 Å². The van der Waals surface area contributed by atoms with Gasteiger partial charge in [-0.2, -0.15) is 0 Å². The maximum atomic E-state index is 12.4. The predicted octanol–water partition coefficient (Wildman–Crippen LogP) is 3.49. The summed E-state index contributed by atoms with van der Waals surface area (Å²) >= 11 is 5.65. The van der Waals surface area contributed by atoms with Gasteiger partial charge in [0.15, 0.2) is 0 Å². The van der Waals surface area contributed by atoms with Crippen molar-refractivity contribution in [3.05, 3.63) is 63.7 Å². The minimum absolute atomic E-state index is 0.0872. The first-order valence-electron chi connectivity index (χ1n) is 6.76. The van der Waals surface area contributed by atoms with Crippen LogP contribution in [0.5, 0.6) is 0 Å². The summed E-state index contributed by atoms with van der Waals surface area (Å²) in [7, 11) is -3.75. The van der Waals surface area contributed by atoms with Crippen LogP contribution in [0.4, 0.5) is 11.4 Å². The Morgan fingerprint density at radius 2 is 1.83 bits per heavy atom. The highest BCUT2D eigenvalue weighted by Crippen LogP contribution is 2.24. The van der Waals surface area contributed by atoms with Crippen molar-refractivity contribution >= 4 is 33.0 Å². The summed E-state index contributed by atoms with van der Waals surface area (Å²) in [6.07, 6.45) is 0.663. The number of rotatable bonds is 6. The zero-order chi connectivity index (χ0) is 17.0. The van der Waals surface area contributed by atoms with Gasteiger partial charge in [0, 0.05) is 18.0 Å². The van der Waals surface area contributed by atoms with Crippen molar-refractivity contribution in [2.45, 2.75) is 18.2 Å². The Morgan fingerprint density at radius 1 is 1.17 bits per heavy atom. The number of aryl methyl sites for hydroxylation is 2. The molecule has 0 aliphatic rings. The van der Waals surface area contributed by atoms with Crippen LogP contribution in [0.15, 0.2) is 47.4 Å². The fourth-order valence-corrected chi connectivity index (χ4v) is 3.37. The smallest absolute Gasteiger partial charge is 0.269 e. The lowest BCUT2D eigenvalue weighted by atomic mass is 10.2. The summed E-state index contributed by atoms with van der Waals surface area (Å²) in [5.41, 5.74) is 1.64. The number of nitro groups is 1. The van der Waals surface area contributed by atoms with E-state index >= 15 is 0 Å². The summed E-state index contributed by atoms with van der Waals surface area (Å²) in [5, 5.41) is 10.7. The Balaban J connectivity index is 2.25. The average molecular weight is 355 g/mol. The quantitative estimate of drug-likeness (QED) is 0.488. The molecule has 8 heteroatoms. The van der Waals surface area contributed by atoms with Crippen molar-refractivity contribution in [1.29, 1.82) is 0 Å². The van der Waals surface area contributed by atoms with Crippen molar-refractivity contribution in [3.63, 3.8) is 0 Å². The van der Waals surface area contributed by atoms with Crippen LogP contribution < -0.4 is 4.72 Å². The lowest BCUT2D eigenvalue weighted by Crippen LogP contribution is -2.13. The largest absolute Gasteiger partial charge is 0.279 e. The molecule has 0 amide bonds. The van der Waals surface area contributed by atoms with Gasteiger partial charge >= 0.3 is 0 Å². The summed E-state index contributed by atoms with van der Waals surface area (Å²) in [6, 6.07) is 10.4. The van der Waals surface area contributed by atoms with Gasteiger partial charge in [0.05, 0.1) is 15.5 Å². The van der Waals surface area contributed by atoms with E-state index in [4.69, 9.17) is 11.6 Å². The van der Waals surface area contributed by atoms with E-state index in [1.54, 1.807) is 19.1 Å². The molecular formula is C15H15ClN2O4S. The molecule has 0 aliphatic carbocycles. The van der Waals surface area contributed by atoms with E-state index in [1.165, 1.54) is 30.3 Å². The molecule has 6 nitrogen and oxygen atoms in total. The van der Waals surface area contributed by atoms with Crippen LogP contribution >= 0.6 is 11.6 Å². The van der Waals surface area contributed by atoms with Gasteiger partial charge in [0.2, 0.25) is 0 Å². The summed E-state index contributed by atoms with van der Waals surface area (Å²) in [6.45, 7) is 1.61. The molecule has 0 fully saturated rings. The van der Waals surface area contributed by atoms with Gasteiger partial charge in [-0.3, -0.25) is 14.8 Å². The molecule has 122 valence electrons. The van der Waals surface area contributed by atoms with Crippen molar-refractivity contribution in [3.8, 4) is 0 Å². The predicted molar refractivity (Wildman–Crippen MR) is 89.5 cm³/mol. The Kier molecular flexibility index (Phi) is 5.23. The van der Waals surface area contributed by atoms with Crippen LogP contribution in [-0.4, -0.2) is 19.2 Å².